The molecule has 5 nitrogen and oxygen atoms in total. The van der Waals surface area contributed by atoms with E-state index in [0.29, 0.717) is 11.5 Å². The molecule has 1 aliphatic rings. The summed E-state index contributed by atoms with van der Waals surface area (Å²) in [6.07, 6.45) is 2.14. The Kier molecular flexibility index (Phi) is 4.38. The summed E-state index contributed by atoms with van der Waals surface area (Å²) in [5.41, 5.74) is 2.48. The quantitative estimate of drug-likeness (QED) is 0.909. The standard InChI is InChI=1S/C16H17BrN4O/c1-11-10-12(4-5-13(11)17)18-15-7-6-14(19-20-15)16(22)21-8-2-3-9-21/h4-7,10H,2-3,8-9H2,1H3,(H,18,20). The zero-order valence-electron chi connectivity index (χ0n) is 12.3. The molecule has 1 N–H and O–H groups in total. The van der Waals surface area contributed by atoms with Gasteiger partial charge in [-0.15, -0.1) is 10.2 Å². The van der Waals surface area contributed by atoms with Crippen molar-refractivity contribution in [3.05, 3.63) is 46.1 Å². The minimum Gasteiger partial charge on any atom is -0.339 e. The van der Waals surface area contributed by atoms with Gasteiger partial charge in [0.25, 0.3) is 5.91 Å². The van der Waals surface area contributed by atoms with E-state index in [0.717, 1.165) is 41.7 Å². The number of rotatable bonds is 3. The number of hydrogen-bond donors (Lipinski definition) is 1. The first kappa shape index (κ1) is 15.0. The first-order valence-electron chi connectivity index (χ1n) is 7.30. The molecule has 22 heavy (non-hydrogen) atoms. The van der Waals surface area contributed by atoms with Crippen LogP contribution in [0, 0.1) is 6.92 Å². The molecule has 1 saturated heterocycles. The van der Waals surface area contributed by atoms with Crippen LogP contribution in [0.5, 0.6) is 0 Å². The predicted octanol–water partition coefficient (Wildman–Crippen LogP) is 3.53. The van der Waals surface area contributed by atoms with Crippen LogP contribution in [0.4, 0.5) is 11.5 Å². The molecule has 1 aliphatic heterocycles. The number of hydrogen-bond acceptors (Lipinski definition) is 4. The molecule has 1 aromatic heterocycles. The van der Waals surface area contributed by atoms with Gasteiger partial charge in [0.15, 0.2) is 11.5 Å². The topological polar surface area (TPSA) is 58.1 Å². The minimum absolute atomic E-state index is 0.0314. The second-order valence-corrected chi connectivity index (χ2v) is 6.25. The van der Waals surface area contributed by atoms with E-state index in [9.17, 15) is 4.79 Å². The smallest absolute Gasteiger partial charge is 0.274 e. The maximum atomic E-state index is 12.2. The van der Waals surface area contributed by atoms with E-state index in [2.05, 4.69) is 31.4 Å². The Labute approximate surface area is 137 Å². The van der Waals surface area contributed by atoms with Crippen LogP contribution in [0.2, 0.25) is 0 Å². The Hall–Kier alpha value is -1.95. The molecule has 0 bridgehead atoms. The summed E-state index contributed by atoms with van der Waals surface area (Å²) in [5, 5.41) is 11.3. The lowest BCUT2D eigenvalue weighted by atomic mass is 10.2. The van der Waals surface area contributed by atoms with E-state index in [-0.39, 0.29) is 5.91 Å². The van der Waals surface area contributed by atoms with Crippen LogP contribution in [-0.4, -0.2) is 34.1 Å². The molecule has 3 rings (SSSR count). The molecule has 2 heterocycles. The number of benzene rings is 1. The summed E-state index contributed by atoms with van der Waals surface area (Å²) < 4.78 is 1.07. The number of aromatic nitrogens is 2. The van der Waals surface area contributed by atoms with Crippen LogP contribution in [0.25, 0.3) is 0 Å². The third-order valence-corrected chi connectivity index (χ3v) is 4.60. The average Bonchev–Trinajstić information content (AvgIpc) is 3.05. The Morgan fingerprint density at radius 1 is 1.18 bits per heavy atom. The fourth-order valence-corrected chi connectivity index (χ4v) is 2.71. The van der Waals surface area contributed by atoms with E-state index in [1.165, 1.54) is 0 Å². The SMILES string of the molecule is Cc1cc(Nc2ccc(C(=O)N3CCCC3)nn2)ccc1Br. The van der Waals surface area contributed by atoms with Gasteiger partial charge in [0.1, 0.15) is 0 Å². The molecule has 2 aromatic rings. The summed E-state index contributed by atoms with van der Waals surface area (Å²) in [6, 6.07) is 9.48. The maximum absolute atomic E-state index is 12.2. The number of nitrogens with zero attached hydrogens (tertiary/aromatic N) is 3. The van der Waals surface area contributed by atoms with Crippen LogP contribution in [-0.2, 0) is 0 Å². The van der Waals surface area contributed by atoms with Crippen molar-refractivity contribution in [3.63, 3.8) is 0 Å². The number of amides is 1. The van der Waals surface area contributed by atoms with Gasteiger partial charge in [-0.3, -0.25) is 4.79 Å². The highest BCUT2D eigenvalue weighted by Gasteiger charge is 2.20. The van der Waals surface area contributed by atoms with Gasteiger partial charge in [-0.2, -0.15) is 0 Å². The average molecular weight is 361 g/mol. The van der Waals surface area contributed by atoms with Crippen molar-refractivity contribution in [1.82, 2.24) is 15.1 Å². The van der Waals surface area contributed by atoms with Crippen LogP contribution in [0.1, 0.15) is 28.9 Å². The van der Waals surface area contributed by atoms with Crippen molar-refractivity contribution < 1.29 is 4.79 Å². The van der Waals surface area contributed by atoms with E-state index >= 15 is 0 Å². The zero-order chi connectivity index (χ0) is 15.5. The highest BCUT2D eigenvalue weighted by atomic mass is 79.9. The Bertz CT molecular complexity index is 681. The Balaban J connectivity index is 1.70. The number of aryl methyl sites for hydroxylation is 1. The van der Waals surface area contributed by atoms with E-state index < -0.39 is 0 Å². The lowest BCUT2D eigenvalue weighted by Gasteiger charge is -2.14. The van der Waals surface area contributed by atoms with Crippen LogP contribution in [0.3, 0.4) is 0 Å². The molecular formula is C16H17BrN4O. The fraction of sp³-hybridized carbons (Fsp3) is 0.312. The molecule has 1 amide bonds. The number of halogens is 1. The molecule has 0 radical (unpaired) electrons. The van der Waals surface area contributed by atoms with Gasteiger partial charge in [0, 0.05) is 23.2 Å². The van der Waals surface area contributed by atoms with E-state index in [1.54, 1.807) is 12.1 Å². The molecule has 114 valence electrons. The number of likely N-dealkylation sites (tertiary alicyclic amines) is 1. The van der Waals surface area contributed by atoms with Crippen molar-refractivity contribution in [2.75, 3.05) is 18.4 Å². The second-order valence-electron chi connectivity index (χ2n) is 5.39. The Morgan fingerprint density at radius 3 is 2.59 bits per heavy atom. The van der Waals surface area contributed by atoms with Gasteiger partial charge in [-0.1, -0.05) is 15.9 Å². The van der Waals surface area contributed by atoms with Gasteiger partial charge in [-0.25, -0.2) is 0 Å². The molecule has 0 saturated carbocycles. The molecular weight excluding hydrogens is 344 g/mol. The third kappa shape index (κ3) is 3.27. The third-order valence-electron chi connectivity index (χ3n) is 3.71. The molecule has 0 spiro atoms. The molecule has 1 fully saturated rings. The molecule has 1 aromatic carbocycles. The van der Waals surface area contributed by atoms with Crippen molar-refractivity contribution >= 4 is 33.3 Å². The number of nitrogens with one attached hydrogen (secondary N) is 1. The highest BCUT2D eigenvalue weighted by molar-refractivity contribution is 9.10. The lowest BCUT2D eigenvalue weighted by Crippen LogP contribution is -2.28. The number of anilines is 2. The summed E-state index contributed by atoms with van der Waals surface area (Å²) in [4.78, 5) is 14.0. The zero-order valence-corrected chi connectivity index (χ0v) is 13.9. The summed E-state index contributed by atoms with van der Waals surface area (Å²) in [6.45, 7) is 3.66. The van der Waals surface area contributed by atoms with E-state index in [4.69, 9.17) is 0 Å². The van der Waals surface area contributed by atoms with Crippen molar-refractivity contribution in [3.8, 4) is 0 Å². The van der Waals surface area contributed by atoms with Crippen molar-refractivity contribution in [2.45, 2.75) is 19.8 Å². The molecule has 0 aliphatic carbocycles. The maximum Gasteiger partial charge on any atom is 0.274 e. The van der Waals surface area contributed by atoms with Crippen molar-refractivity contribution in [2.24, 2.45) is 0 Å². The molecule has 6 heteroatoms. The first-order chi connectivity index (χ1) is 10.6. The van der Waals surface area contributed by atoms with Crippen LogP contribution in [0.15, 0.2) is 34.8 Å². The highest BCUT2D eigenvalue weighted by Crippen LogP contribution is 2.22. The van der Waals surface area contributed by atoms with Gasteiger partial charge < -0.3 is 10.2 Å². The van der Waals surface area contributed by atoms with E-state index in [1.807, 2.05) is 30.0 Å². The second kappa shape index (κ2) is 6.44. The monoisotopic (exact) mass is 360 g/mol. The van der Waals surface area contributed by atoms with Gasteiger partial charge in [-0.05, 0) is 55.7 Å². The fourth-order valence-electron chi connectivity index (χ4n) is 2.47. The van der Waals surface area contributed by atoms with Gasteiger partial charge in [0.05, 0.1) is 0 Å². The predicted molar refractivity (Wildman–Crippen MR) is 89.3 cm³/mol. The van der Waals surface area contributed by atoms with Crippen LogP contribution < -0.4 is 5.32 Å². The first-order valence-corrected chi connectivity index (χ1v) is 8.09. The summed E-state index contributed by atoms with van der Waals surface area (Å²) >= 11 is 3.47. The summed E-state index contributed by atoms with van der Waals surface area (Å²) in [5.74, 6) is 0.593. The van der Waals surface area contributed by atoms with Gasteiger partial charge in [0.2, 0.25) is 0 Å². The van der Waals surface area contributed by atoms with Crippen LogP contribution >= 0.6 is 15.9 Å². The molecule has 0 unspecified atom stereocenters. The Morgan fingerprint density at radius 2 is 1.95 bits per heavy atom. The number of carbonyl (C=O) groups is 1. The summed E-state index contributed by atoms with van der Waals surface area (Å²) in [7, 11) is 0. The normalized spacial score (nSPS) is 14.2. The minimum atomic E-state index is -0.0314. The largest absolute Gasteiger partial charge is 0.339 e. The van der Waals surface area contributed by atoms with Crippen molar-refractivity contribution in [1.29, 1.82) is 0 Å². The van der Waals surface area contributed by atoms with Gasteiger partial charge >= 0.3 is 0 Å². The molecule has 0 atom stereocenters. The number of carbonyl (C=O) groups excluding carboxylic acids is 1. The lowest BCUT2D eigenvalue weighted by molar-refractivity contribution is 0.0786.